The van der Waals surface area contributed by atoms with Crippen molar-refractivity contribution in [3.63, 3.8) is 0 Å². The zero-order chi connectivity index (χ0) is 15.7. The molecule has 0 N–H and O–H groups in total. The Bertz CT molecular complexity index is 824. The van der Waals surface area contributed by atoms with Crippen molar-refractivity contribution in [2.75, 3.05) is 0 Å². The molecule has 6 nitrogen and oxygen atoms in total. The number of nitro benzene ring substituents is 1. The van der Waals surface area contributed by atoms with Crippen LogP contribution in [0.15, 0.2) is 54.6 Å². The highest BCUT2D eigenvalue weighted by Crippen LogP contribution is 2.32. The van der Waals surface area contributed by atoms with Gasteiger partial charge in [0.1, 0.15) is 5.76 Å². The van der Waals surface area contributed by atoms with Crippen LogP contribution < -0.4 is 0 Å². The fourth-order valence-corrected chi connectivity index (χ4v) is 2.15. The minimum absolute atomic E-state index is 0.0845. The Balaban J connectivity index is 1.99. The van der Waals surface area contributed by atoms with Gasteiger partial charge in [-0.25, -0.2) is 4.79 Å². The molecule has 0 aliphatic carbocycles. The largest absolute Gasteiger partial charge is 0.422 e. The Morgan fingerprint density at radius 3 is 2.50 bits per heavy atom. The fourth-order valence-electron chi connectivity index (χ4n) is 2.15. The molecule has 6 heteroatoms. The van der Waals surface area contributed by atoms with Gasteiger partial charge in [-0.15, -0.1) is 0 Å². The van der Waals surface area contributed by atoms with Gasteiger partial charge in [-0.1, -0.05) is 30.3 Å². The average molecular weight is 295 g/mol. The van der Waals surface area contributed by atoms with E-state index in [4.69, 9.17) is 4.74 Å². The molecule has 0 aromatic heterocycles. The van der Waals surface area contributed by atoms with Gasteiger partial charge in [-0.2, -0.15) is 0 Å². The van der Waals surface area contributed by atoms with Crippen molar-refractivity contribution in [3.05, 3.63) is 81.4 Å². The number of benzene rings is 2. The molecule has 0 saturated heterocycles. The van der Waals surface area contributed by atoms with Crippen molar-refractivity contribution in [2.24, 2.45) is 0 Å². The lowest BCUT2D eigenvalue weighted by Gasteiger charge is -1.99. The predicted octanol–water partition coefficient (Wildman–Crippen LogP) is 2.99. The van der Waals surface area contributed by atoms with E-state index < -0.39 is 10.9 Å². The maximum Gasteiger partial charge on any atom is 0.344 e. The van der Waals surface area contributed by atoms with E-state index in [1.54, 1.807) is 30.3 Å². The third kappa shape index (κ3) is 2.37. The summed E-state index contributed by atoms with van der Waals surface area (Å²) in [6.45, 7) is 0. The second-order valence-corrected chi connectivity index (χ2v) is 4.62. The zero-order valence-corrected chi connectivity index (χ0v) is 11.2. The lowest BCUT2D eigenvalue weighted by Crippen LogP contribution is -1.96. The number of rotatable bonds is 3. The molecule has 1 aliphatic heterocycles. The van der Waals surface area contributed by atoms with E-state index in [1.165, 1.54) is 18.2 Å². The summed E-state index contributed by atoms with van der Waals surface area (Å²) in [5, 5.41) is 10.7. The minimum Gasteiger partial charge on any atom is -0.422 e. The molecular formula is C16H9NO5. The smallest absolute Gasteiger partial charge is 0.344 e. The van der Waals surface area contributed by atoms with Crippen LogP contribution in [0.3, 0.4) is 0 Å². The number of carbonyl (C=O) groups is 2. The first kappa shape index (κ1) is 13.7. The van der Waals surface area contributed by atoms with E-state index in [1.807, 2.05) is 0 Å². The molecule has 0 amide bonds. The van der Waals surface area contributed by atoms with E-state index in [-0.39, 0.29) is 22.8 Å². The summed E-state index contributed by atoms with van der Waals surface area (Å²) in [7, 11) is 0. The van der Waals surface area contributed by atoms with Gasteiger partial charge >= 0.3 is 5.97 Å². The molecule has 0 saturated carbocycles. The third-order valence-corrected chi connectivity index (χ3v) is 3.22. The lowest BCUT2D eigenvalue weighted by atomic mass is 10.0. The lowest BCUT2D eigenvalue weighted by molar-refractivity contribution is -0.384. The molecule has 0 bridgehead atoms. The zero-order valence-electron chi connectivity index (χ0n) is 11.2. The number of nitro groups is 1. The van der Waals surface area contributed by atoms with E-state index in [9.17, 15) is 19.7 Å². The van der Waals surface area contributed by atoms with Gasteiger partial charge in [0, 0.05) is 29.3 Å². The normalized spacial score (nSPS) is 14.5. The van der Waals surface area contributed by atoms with Crippen LogP contribution in [0.4, 0.5) is 5.69 Å². The number of hydrogen-bond acceptors (Lipinski definition) is 5. The van der Waals surface area contributed by atoms with Crippen LogP contribution in [-0.2, 0) is 4.74 Å². The summed E-state index contributed by atoms with van der Waals surface area (Å²) >= 11 is 0. The Kier molecular flexibility index (Phi) is 3.27. The van der Waals surface area contributed by atoms with Gasteiger partial charge in [0.05, 0.1) is 10.5 Å². The Morgan fingerprint density at radius 2 is 1.82 bits per heavy atom. The first-order valence-corrected chi connectivity index (χ1v) is 6.38. The Hall–Kier alpha value is -3.28. The summed E-state index contributed by atoms with van der Waals surface area (Å²) in [5.41, 5.74) is 0.717. The molecule has 0 fully saturated rings. The number of ketones is 1. The van der Waals surface area contributed by atoms with E-state index in [0.29, 0.717) is 11.1 Å². The molecule has 0 unspecified atom stereocenters. The van der Waals surface area contributed by atoms with Crippen molar-refractivity contribution >= 4 is 23.2 Å². The number of ether oxygens (including phenoxy) is 1. The number of fused-ring (bicyclic) bond motifs is 1. The molecule has 3 rings (SSSR count). The summed E-state index contributed by atoms with van der Waals surface area (Å²) < 4.78 is 5.04. The summed E-state index contributed by atoms with van der Waals surface area (Å²) in [6, 6.07) is 12.3. The Morgan fingerprint density at radius 1 is 1.09 bits per heavy atom. The molecule has 22 heavy (non-hydrogen) atoms. The average Bonchev–Trinajstić information content (AvgIpc) is 2.84. The molecule has 2 aromatic rings. The van der Waals surface area contributed by atoms with Crippen molar-refractivity contribution in [1.29, 1.82) is 0 Å². The summed E-state index contributed by atoms with van der Waals surface area (Å²) in [6.07, 6.45) is 1.21. The van der Waals surface area contributed by atoms with Gasteiger partial charge in [0.15, 0.2) is 5.78 Å². The summed E-state index contributed by atoms with van der Waals surface area (Å²) in [5.74, 6) is -0.913. The minimum atomic E-state index is -0.703. The fraction of sp³-hybridized carbons (Fsp3) is 0. The number of esters is 1. The van der Waals surface area contributed by atoms with Gasteiger partial charge in [-0.05, 0) is 6.07 Å². The number of nitrogens with zero attached hydrogens (tertiary/aromatic N) is 1. The second kappa shape index (κ2) is 5.25. The van der Waals surface area contributed by atoms with Crippen LogP contribution in [0.2, 0.25) is 0 Å². The van der Waals surface area contributed by atoms with Crippen LogP contribution in [0.1, 0.15) is 26.3 Å². The summed E-state index contributed by atoms with van der Waals surface area (Å²) in [4.78, 5) is 34.0. The third-order valence-electron chi connectivity index (χ3n) is 3.22. The van der Waals surface area contributed by atoms with Crippen LogP contribution >= 0.6 is 0 Å². The van der Waals surface area contributed by atoms with Crippen molar-refractivity contribution in [2.45, 2.75) is 0 Å². The van der Waals surface area contributed by atoms with E-state index >= 15 is 0 Å². The van der Waals surface area contributed by atoms with Crippen molar-refractivity contribution in [1.82, 2.24) is 0 Å². The molecule has 0 atom stereocenters. The first-order chi connectivity index (χ1) is 10.6. The van der Waals surface area contributed by atoms with Crippen molar-refractivity contribution < 1.29 is 19.2 Å². The molecular weight excluding hydrogens is 286 g/mol. The number of cyclic esters (lactones) is 1. The van der Waals surface area contributed by atoms with E-state index in [0.717, 1.165) is 6.07 Å². The molecule has 1 heterocycles. The maximum absolute atomic E-state index is 12.1. The number of allylic oxidation sites excluding steroid dienone is 1. The van der Waals surface area contributed by atoms with Gasteiger partial charge in [-0.3, -0.25) is 14.9 Å². The monoisotopic (exact) mass is 295 g/mol. The highest BCUT2D eigenvalue weighted by atomic mass is 16.6. The molecule has 2 aromatic carbocycles. The van der Waals surface area contributed by atoms with Gasteiger partial charge in [0.25, 0.3) is 5.69 Å². The first-order valence-electron chi connectivity index (χ1n) is 6.38. The maximum atomic E-state index is 12.1. The molecule has 1 aliphatic rings. The second-order valence-electron chi connectivity index (χ2n) is 4.62. The number of hydrogen-bond donors (Lipinski definition) is 0. The predicted molar refractivity (Wildman–Crippen MR) is 77.3 cm³/mol. The highest BCUT2D eigenvalue weighted by molar-refractivity contribution is 6.12. The van der Waals surface area contributed by atoms with Crippen molar-refractivity contribution in [3.8, 4) is 0 Å². The number of carbonyl (C=O) groups excluding carboxylic acids is 2. The van der Waals surface area contributed by atoms with Crippen LogP contribution in [0.25, 0.3) is 5.76 Å². The standard InChI is InChI=1S/C16H9NO5/c18-14(10-4-2-1-3-5-10)9-15-12-7-6-11(17(20)21)8-13(12)16(19)22-15/h1-9H. The SMILES string of the molecule is O=C(C=C1OC(=O)c2cc([N+](=O)[O-])ccc21)c1ccccc1. The van der Waals surface area contributed by atoms with E-state index in [2.05, 4.69) is 0 Å². The van der Waals surface area contributed by atoms with Crippen LogP contribution in [0, 0.1) is 10.1 Å². The van der Waals surface area contributed by atoms with Gasteiger partial charge < -0.3 is 4.74 Å². The topological polar surface area (TPSA) is 86.5 Å². The molecule has 0 spiro atoms. The van der Waals surface area contributed by atoms with Crippen LogP contribution in [-0.4, -0.2) is 16.7 Å². The quantitative estimate of drug-likeness (QED) is 0.285. The molecule has 108 valence electrons. The highest BCUT2D eigenvalue weighted by Gasteiger charge is 2.29. The molecule has 0 radical (unpaired) electrons. The Labute approximate surface area is 124 Å². The van der Waals surface area contributed by atoms with Crippen LogP contribution in [0.5, 0.6) is 0 Å². The number of non-ortho nitro benzene ring substituents is 1. The van der Waals surface area contributed by atoms with Gasteiger partial charge in [0.2, 0.25) is 0 Å².